The summed E-state index contributed by atoms with van der Waals surface area (Å²) in [6.07, 6.45) is 11.2. The Hall–Kier alpha value is -2.08. The van der Waals surface area contributed by atoms with Crippen molar-refractivity contribution in [1.29, 1.82) is 0 Å². The molecule has 2 aromatic rings. The van der Waals surface area contributed by atoms with Crippen LogP contribution in [0.4, 0.5) is 5.69 Å². The van der Waals surface area contributed by atoms with Crippen molar-refractivity contribution in [3.05, 3.63) is 24.0 Å². The minimum absolute atomic E-state index is 0.0763. The lowest BCUT2D eigenvalue weighted by Crippen LogP contribution is -2.50. The van der Waals surface area contributed by atoms with Crippen LogP contribution < -0.4 is 10.2 Å². The number of nitrogens with zero attached hydrogens (tertiary/aromatic N) is 3. The molecule has 0 saturated heterocycles. The summed E-state index contributed by atoms with van der Waals surface area (Å²) in [4.78, 5) is 24.6. The van der Waals surface area contributed by atoms with E-state index in [0.717, 1.165) is 34.7 Å². The molecule has 2 N–H and O–H groups in total. The zero-order valence-electron chi connectivity index (χ0n) is 16.3. The van der Waals surface area contributed by atoms with Gasteiger partial charge in [0.2, 0.25) is 0 Å². The molecule has 3 heterocycles. The molecule has 2 saturated carbocycles. The highest BCUT2D eigenvalue weighted by Crippen LogP contribution is 2.39. The van der Waals surface area contributed by atoms with Gasteiger partial charge in [0.15, 0.2) is 0 Å². The second-order valence-corrected chi connectivity index (χ2v) is 8.99. The minimum Gasteiger partial charge on any atom is -0.349 e. The summed E-state index contributed by atoms with van der Waals surface area (Å²) in [5.41, 5.74) is 3.11. The van der Waals surface area contributed by atoms with Gasteiger partial charge < -0.3 is 20.1 Å². The lowest BCUT2D eigenvalue weighted by atomic mass is 9.84. The maximum atomic E-state index is 12.7. The molecule has 0 aromatic carbocycles. The summed E-state index contributed by atoms with van der Waals surface area (Å²) < 4.78 is 0. The molecule has 0 spiro atoms. The number of amides is 1. The first-order valence-electron chi connectivity index (χ1n) is 10.3. The molecule has 3 aliphatic rings. The number of H-pyrrole nitrogens is 1. The summed E-state index contributed by atoms with van der Waals surface area (Å²) in [6, 6.07) is 2.55. The summed E-state index contributed by atoms with van der Waals surface area (Å²) in [6.45, 7) is 4.16. The molecule has 1 aliphatic heterocycles. The predicted molar refractivity (Wildman–Crippen MR) is 107 cm³/mol. The Labute approximate surface area is 160 Å². The molecule has 0 unspecified atom stereocenters. The molecule has 0 atom stereocenters. The van der Waals surface area contributed by atoms with Crippen molar-refractivity contribution in [3.8, 4) is 0 Å². The van der Waals surface area contributed by atoms with Crippen LogP contribution >= 0.6 is 0 Å². The van der Waals surface area contributed by atoms with E-state index in [1.165, 1.54) is 38.5 Å². The third-order valence-corrected chi connectivity index (χ3v) is 6.86. The second-order valence-electron chi connectivity index (χ2n) is 8.99. The van der Waals surface area contributed by atoms with Crippen LogP contribution in [0.2, 0.25) is 0 Å². The number of carbonyl (C=O) groups excluding carboxylic acids is 1. The van der Waals surface area contributed by atoms with Gasteiger partial charge in [-0.05, 0) is 64.0 Å². The van der Waals surface area contributed by atoms with E-state index in [1.807, 2.05) is 18.1 Å². The third-order valence-electron chi connectivity index (χ3n) is 6.86. The molecule has 6 heteroatoms. The van der Waals surface area contributed by atoms with Crippen molar-refractivity contribution in [2.45, 2.75) is 57.0 Å². The van der Waals surface area contributed by atoms with Crippen LogP contribution in [0, 0.1) is 5.92 Å². The van der Waals surface area contributed by atoms with Gasteiger partial charge in [-0.1, -0.05) is 0 Å². The van der Waals surface area contributed by atoms with Crippen molar-refractivity contribution in [1.82, 2.24) is 20.2 Å². The number of carbonyl (C=O) groups is 1. The fraction of sp³-hybridized carbons (Fsp3) is 0.619. The van der Waals surface area contributed by atoms with Crippen molar-refractivity contribution < 1.29 is 4.79 Å². The molecule has 2 aromatic heterocycles. The second kappa shape index (κ2) is 6.23. The van der Waals surface area contributed by atoms with Crippen LogP contribution in [0.15, 0.2) is 18.5 Å². The first-order valence-corrected chi connectivity index (χ1v) is 10.3. The number of anilines is 1. The van der Waals surface area contributed by atoms with Gasteiger partial charge in [0.1, 0.15) is 5.65 Å². The smallest absolute Gasteiger partial charge is 0.258 e. The van der Waals surface area contributed by atoms with E-state index < -0.39 is 0 Å². The molecule has 2 aliphatic carbocycles. The van der Waals surface area contributed by atoms with E-state index >= 15 is 0 Å². The highest BCUT2D eigenvalue weighted by atomic mass is 16.2. The average Bonchev–Trinajstić information content (AvgIpc) is 3.22. The number of pyridine rings is 1. The van der Waals surface area contributed by atoms with E-state index in [1.54, 1.807) is 6.20 Å². The highest BCUT2D eigenvalue weighted by Gasteiger charge is 2.38. The van der Waals surface area contributed by atoms with Gasteiger partial charge in [-0.25, -0.2) is 4.98 Å². The van der Waals surface area contributed by atoms with Gasteiger partial charge >= 0.3 is 0 Å². The van der Waals surface area contributed by atoms with E-state index in [2.05, 4.69) is 33.2 Å². The SMILES string of the molecule is CN1CN([C@H]2CC[C@H](CNC3(C)CC3)CC2)c2c(cnc3[nH]ccc23)C1=O. The van der Waals surface area contributed by atoms with Gasteiger partial charge in [-0.3, -0.25) is 4.79 Å². The molecule has 144 valence electrons. The Morgan fingerprint density at radius 1 is 1.30 bits per heavy atom. The summed E-state index contributed by atoms with van der Waals surface area (Å²) in [7, 11) is 1.89. The molecule has 2 fully saturated rings. The number of aromatic amines is 1. The first-order chi connectivity index (χ1) is 13.0. The van der Waals surface area contributed by atoms with Crippen LogP contribution in [0.3, 0.4) is 0 Å². The zero-order valence-corrected chi connectivity index (χ0v) is 16.3. The number of rotatable bonds is 4. The molecular weight excluding hydrogens is 338 g/mol. The molecule has 6 nitrogen and oxygen atoms in total. The quantitative estimate of drug-likeness (QED) is 0.872. The topological polar surface area (TPSA) is 64.3 Å². The van der Waals surface area contributed by atoms with Crippen molar-refractivity contribution in [3.63, 3.8) is 0 Å². The Bertz CT molecular complexity index is 863. The van der Waals surface area contributed by atoms with Gasteiger partial charge in [-0.15, -0.1) is 0 Å². The number of hydrogen-bond donors (Lipinski definition) is 2. The Balaban J connectivity index is 1.36. The first kappa shape index (κ1) is 17.0. The largest absolute Gasteiger partial charge is 0.349 e. The third kappa shape index (κ3) is 3.00. The highest BCUT2D eigenvalue weighted by molar-refractivity contribution is 6.08. The molecule has 27 heavy (non-hydrogen) atoms. The van der Waals surface area contributed by atoms with Crippen LogP contribution in [0.1, 0.15) is 55.8 Å². The van der Waals surface area contributed by atoms with Crippen molar-refractivity contribution in [2.24, 2.45) is 5.92 Å². The van der Waals surface area contributed by atoms with Gasteiger partial charge in [0.25, 0.3) is 5.91 Å². The van der Waals surface area contributed by atoms with E-state index in [4.69, 9.17) is 0 Å². The summed E-state index contributed by atoms with van der Waals surface area (Å²) >= 11 is 0. The number of hydrogen-bond acceptors (Lipinski definition) is 4. The van der Waals surface area contributed by atoms with Crippen molar-refractivity contribution in [2.75, 3.05) is 25.2 Å². The lowest BCUT2D eigenvalue weighted by Gasteiger charge is -2.44. The van der Waals surface area contributed by atoms with Gasteiger partial charge in [0, 0.05) is 36.4 Å². The zero-order chi connectivity index (χ0) is 18.6. The van der Waals surface area contributed by atoms with E-state index in [9.17, 15) is 4.79 Å². The maximum absolute atomic E-state index is 12.7. The molecule has 0 radical (unpaired) electrons. The fourth-order valence-electron chi connectivity index (χ4n) is 4.74. The number of aromatic nitrogens is 2. The minimum atomic E-state index is 0.0763. The van der Waals surface area contributed by atoms with Crippen LogP contribution in [0.25, 0.3) is 11.0 Å². The van der Waals surface area contributed by atoms with Crippen LogP contribution in [-0.4, -0.2) is 52.6 Å². The Morgan fingerprint density at radius 3 is 2.81 bits per heavy atom. The van der Waals surface area contributed by atoms with Gasteiger partial charge in [-0.2, -0.15) is 0 Å². The molecular formula is C21H29N5O. The summed E-state index contributed by atoms with van der Waals surface area (Å²) in [5.74, 6) is 0.861. The monoisotopic (exact) mass is 367 g/mol. The standard InChI is InChI=1S/C21H29N5O/c1-21(8-9-21)24-11-14-3-5-15(6-4-14)26-13-25(2)20(27)17-12-23-19-16(18(17)26)7-10-22-19/h7,10,12,14-15,24H,3-6,8-9,11,13H2,1-2H3,(H,22,23)/t14-,15-. The van der Waals surface area contributed by atoms with Crippen molar-refractivity contribution >= 4 is 22.6 Å². The van der Waals surface area contributed by atoms with Crippen LogP contribution in [-0.2, 0) is 0 Å². The lowest BCUT2D eigenvalue weighted by molar-refractivity contribution is 0.0774. The Morgan fingerprint density at radius 2 is 2.07 bits per heavy atom. The summed E-state index contributed by atoms with van der Waals surface area (Å²) in [5, 5.41) is 4.84. The molecule has 5 rings (SSSR count). The number of nitrogens with one attached hydrogen (secondary N) is 2. The fourth-order valence-corrected chi connectivity index (χ4v) is 4.74. The predicted octanol–water partition coefficient (Wildman–Crippen LogP) is 3.11. The molecule has 0 bridgehead atoms. The van der Waals surface area contributed by atoms with Crippen LogP contribution in [0.5, 0.6) is 0 Å². The maximum Gasteiger partial charge on any atom is 0.258 e. The van der Waals surface area contributed by atoms with Gasteiger partial charge in [0.05, 0.1) is 17.9 Å². The van der Waals surface area contributed by atoms with E-state index in [0.29, 0.717) is 18.2 Å². The average molecular weight is 367 g/mol. The normalized spacial score (nSPS) is 27.1. The van der Waals surface area contributed by atoms with E-state index in [-0.39, 0.29) is 5.91 Å². The Kier molecular flexibility index (Phi) is 3.93. The number of fused-ring (bicyclic) bond motifs is 3. The molecule has 1 amide bonds.